The number of benzene rings is 2. The van der Waals surface area contributed by atoms with Gasteiger partial charge in [0.05, 0.1) is 10.5 Å². The minimum absolute atomic E-state index is 0.00978. The van der Waals surface area contributed by atoms with Crippen molar-refractivity contribution >= 4 is 21.6 Å². The summed E-state index contributed by atoms with van der Waals surface area (Å²) in [7, 11) is -0.443. The van der Waals surface area contributed by atoms with Crippen molar-refractivity contribution in [2.45, 2.75) is 30.5 Å². The van der Waals surface area contributed by atoms with Gasteiger partial charge in [-0.2, -0.15) is 17.5 Å². The normalized spacial score (nSPS) is 16.0. The van der Waals surface area contributed by atoms with Crippen LogP contribution in [-0.2, 0) is 27.5 Å². The lowest BCUT2D eigenvalue weighted by Gasteiger charge is -2.31. The Morgan fingerprint density at radius 3 is 2.22 bits per heavy atom. The standard InChI is InChI=1S/C22H26F3N3O3S/c1-27(2)18-9-7-16(8-10-18)15-26-21(29)17-11-13-28(14-12-17)32(30,31)20-6-4-3-5-19(20)22(23,24)25/h3-10,17H,11-15H2,1-2H3,(H,26,29). The van der Waals surface area contributed by atoms with Gasteiger partial charge in [0.1, 0.15) is 0 Å². The lowest BCUT2D eigenvalue weighted by atomic mass is 9.97. The van der Waals surface area contributed by atoms with Crippen molar-refractivity contribution in [1.29, 1.82) is 0 Å². The summed E-state index contributed by atoms with van der Waals surface area (Å²) < 4.78 is 66.5. The fraction of sp³-hybridized carbons (Fsp3) is 0.409. The van der Waals surface area contributed by atoms with Gasteiger partial charge < -0.3 is 10.2 Å². The fourth-order valence-corrected chi connectivity index (χ4v) is 5.35. The van der Waals surface area contributed by atoms with Crippen LogP contribution in [0.25, 0.3) is 0 Å². The van der Waals surface area contributed by atoms with Crippen LogP contribution < -0.4 is 10.2 Å². The Hall–Kier alpha value is -2.59. The number of hydrogen-bond acceptors (Lipinski definition) is 4. The minimum atomic E-state index is -4.77. The summed E-state index contributed by atoms with van der Waals surface area (Å²) >= 11 is 0. The predicted octanol–water partition coefficient (Wildman–Crippen LogP) is 3.49. The molecule has 3 rings (SSSR count). The number of halogens is 3. The van der Waals surface area contributed by atoms with E-state index >= 15 is 0 Å². The quantitative estimate of drug-likeness (QED) is 0.703. The highest BCUT2D eigenvalue weighted by Gasteiger charge is 2.40. The topological polar surface area (TPSA) is 69.7 Å². The SMILES string of the molecule is CN(C)c1ccc(CNC(=O)C2CCN(S(=O)(=O)c3ccccc3C(F)(F)F)CC2)cc1. The molecule has 0 aromatic heterocycles. The molecule has 1 amide bonds. The van der Waals surface area contributed by atoms with Gasteiger partial charge in [0, 0.05) is 45.3 Å². The summed E-state index contributed by atoms with van der Waals surface area (Å²) in [5.41, 5.74) is 0.800. The van der Waals surface area contributed by atoms with E-state index in [1.54, 1.807) is 0 Å². The van der Waals surface area contributed by atoms with Crippen molar-refractivity contribution in [3.63, 3.8) is 0 Å². The van der Waals surface area contributed by atoms with E-state index < -0.39 is 26.7 Å². The van der Waals surface area contributed by atoms with E-state index in [4.69, 9.17) is 0 Å². The third kappa shape index (κ3) is 5.42. The molecule has 174 valence electrons. The number of nitrogens with zero attached hydrogens (tertiary/aromatic N) is 2. The van der Waals surface area contributed by atoms with E-state index in [2.05, 4.69) is 5.32 Å². The zero-order valence-electron chi connectivity index (χ0n) is 17.9. The number of carbonyl (C=O) groups excluding carboxylic acids is 1. The van der Waals surface area contributed by atoms with Crippen molar-refractivity contribution in [1.82, 2.24) is 9.62 Å². The highest BCUT2D eigenvalue weighted by molar-refractivity contribution is 7.89. The first-order valence-corrected chi connectivity index (χ1v) is 11.6. The molecule has 0 spiro atoms. The molecule has 2 aromatic carbocycles. The molecule has 1 fully saturated rings. The fourth-order valence-electron chi connectivity index (χ4n) is 3.67. The Labute approximate surface area is 186 Å². The van der Waals surface area contributed by atoms with Crippen LogP contribution in [0.1, 0.15) is 24.0 Å². The van der Waals surface area contributed by atoms with Gasteiger partial charge in [0.2, 0.25) is 15.9 Å². The second-order valence-corrected chi connectivity index (χ2v) is 9.86. The van der Waals surface area contributed by atoms with Crippen LogP contribution in [0.3, 0.4) is 0 Å². The molecule has 2 aromatic rings. The first kappa shape index (κ1) is 24.1. The average molecular weight is 470 g/mol. The van der Waals surface area contributed by atoms with E-state index in [0.29, 0.717) is 6.54 Å². The number of nitrogens with one attached hydrogen (secondary N) is 1. The van der Waals surface area contributed by atoms with Gasteiger partial charge in [-0.3, -0.25) is 4.79 Å². The van der Waals surface area contributed by atoms with Crippen LogP contribution in [0.15, 0.2) is 53.4 Å². The van der Waals surface area contributed by atoms with Gasteiger partial charge in [-0.15, -0.1) is 0 Å². The summed E-state index contributed by atoms with van der Waals surface area (Å²) in [6.07, 6.45) is -4.27. The molecular weight excluding hydrogens is 443 g/mol. The summed E-state index contributed by atoms with van der Waals surface area (Å²) in [5.74, 6) is -0.574. The molecule has 1 aliphatic rings. The molecule has 1 N–H and O–H groups in total. The predicted molar refractivity (Wildman–Crippen MR) is 116 cm³/mol. The number of anilines is 1. The number of amides is 1. The summed E-state index contributed by atoms with van der Waals surface area (Å²) in [5, 5.41) is 2.86. The molecule has 0 saturated carbocycles. The number of alkyl halides is 3. The Balaban J connectivity index is 1.59. The highest BCUT2D eigenvalue weighted by atomic mass is 32.2. The van der Waals surface area contributed by atoms with Crippen molar-refractivity contribution in [3.8, 4) is 0 Å². The monoisotopic (exact) mass is 469 g/mol. The maximum absolute atomic E-state index is 13.3. The largest absolute Gasteiger partial charge is 0.417 e. The molecule has 1 heterocycles. The lowest BCUT2D eigenvalue weighted by Crippen LogP contribution is -2.43. The van der Waals surface area contributed by atoms with Crippen LogP contribution in [0.5, 0.6) is 0 Å². The smallest absolute Gasteiger partial charge is 0.378 e. The van der Waals surface area contributed by atoms with Crippen molar-refractivity contribution in [2.75, 3.05) is 32.1 Å². The molecule has 0 atom stereocenters. The summed E-state index contributed by atoms with van der Waals surface area (Å²) in [6.45, 7) is 0.332. The zero-order chi connectivity index (χ0) is 23.5. The van der Waals surface area contributed by atoms with Crippen LogP contribution in [0.4, 0.5) is 18.9 Å². The second-order valence-electron chi connectivity index (χ2n) is 7.95. The molecule has 0 aliphatic carbocycles. The van der Waals surface area contributed by atoms with E-state index in [9.17, 15) is 26.4 Å². The maximum atomic E-state index is 13.3. The van der Waals surface area contributed by atoms with Gasteiger partial charge in [0.15, 0.2) is 0 Å². The molecule has 0 radical (unpaired) electrons. The number of carbonyl (C=O) groups is 1. The molecule has 10 heteroatoms. The Kier molecular flexibility index (Phi) is 7.14. The Morgan fingerprint density at radius 2 is 1.66 bits per heavy atom. The van der Waals surface area contributed by atoms with Crippen molar-refractivity contribution in [3.05, 3.63) is 59.7 Å². The van der Waals surface area contributed by atoms with Gasteiger partial charge in [-0.25, -0.2) is 8.42 Å². The van der Waals surface area contributed by atoms with Crippen LogP contribution >= 0.6 is 0 Å². The lowest BCUT2D eigenvalue weighted by molar-refractivity contribution is -0.139. The average Bonchev–Trinajstić information content (AvgIpc) is 2.77. The highest BCUT2D eigenvalue weighted by Crippen LogP contribution is 2.36. The maximum Gasteiger partial charge on any atom is 0.417 e. The van der Waals surface area contributed by atoms with Crippen LogP contribution in [0, 0.1) is 5.92 Å². The van der Waals surface area contributed by atoms with E-state index in [0.717, 1.165) is 33.8 Å². The Morgan fingerprint density at radius 1 is 1.06 bits per heavy atom. The van der Waals surface area contributed by atoms with E-state index in [1.165, 1.54) is 6.07 Å². The molecule has 0 unspecified atom stereocenters. The third-order valence-electron chi connectivity index (χ3n) is 5.55. The molecular formula is C22H26F3N3O3S. The molecule has 32 heavy (non-hydrogen) atoms. The number of piperidine rings is 1. The van der Waals surface area contributed by atoms with Gasteiger partial charge in [-0.05, 0) is 42.7 Å². The zero-order valence-corrected chi connectivity index (χ0v) is 18.7. The summed E-state index contributed by atoms with van der Waals surface area (Å²) in [6, 6.07) is 11.9. The first-order chi connectivity index (χ1) is 15.0. The van der Waals surface area contributed by atoms with Crippen LogP contribution in [0.2, 0.25) is 0 Å². The molecule has 0 bridgehead atoms. The van der Waals surface area contributed by atoms with E-state index in [1.807, 2.05) is 43.3 Å². The third-order valence-corrected chi connectivity index (χ3v) is 7.51. The number of hydrogen-bond donors (Lipinski definition) is 1. The van der Waals surface area contributed by atoms with Gasteiger partial charge in [-0.1, -0.05) is 24.3 Å². The molecule has 6 nitrogen and oxygen atoms in total. The van der Waals surface area contributed by atoms with E-state index in [-0.39, 0.29) is 37.8 Å². The van der Waals surface area contributed by atoms with Crippen LogP contribution in [-0.4, -0.2) is 45.8 Å². The first-order valence-electron chi connectivity index (χ1n) is 10.2. The minimum Gasteiger partial charge on any atom is -0.378 e. The number of rotatable bonds is 6. The Bertz CT molecular complexity index is 1050. The number of sulfonamides is 1. The van der Waals surface area contributed by atoms with Crippen molar-refractivity contribution in [2.24, 2.45) is 5.92 Å². The molecule has 1 saturated heterocycles. The van der Waals surface area contributed by atoms with Gasteiger partial charge >= 0.3 is 6.18 Å². The van der Waals surface area contributed by atoms with Gasteiger partial charge in [0.25, 0.3) is 0 Å². The van der Waals surface area contributed by atoms with Crippen molar-refractivity contribution < 1.29 is 26.4 Å². The summed E-state index contributed by atoms with van der Waals surface area (Å²) in [4.78, 5) is 13.7. The second kappa shape index (κ2) is 9.50. The molecule has 1 aliphatic heterocycles.